The zero-order valence-electron chi connectivity index (χ0n) is 14.9. The van der Waals surface area contributed by atoms with Crippen LogP contribution in [0.1, 0.15) is 19.8 Å². The summed E-state index contributed by atoms with van der Waals surface area (Å²) in [4.78, 5) is 27.0. The Morgan fingerprint density at radius 2 is 2.19 bits per heavy atom. The number of amides is 1. The maximum absolute atomic E-state index is 12.8. The van der Waals surface area contributed by atoms with E-state index >= 15 is 0 Å². The zero-order valence-corrected chi connectivity index (χ0v) is 15.7. The van der Waals surface area contributed by atoms with Gasteiger partial charge in [-0.05, 0) is 37.3 Å². The highest BCUT2D eigenvalue weighted by Crippen LogP contribution is 2.31. The molecule has 0 bridgehead atoms. The zero-order chi connectivity index (χ0) is 18.6. The van der Waals surface area contributed by atoms with Gasteiger partial charge in [0.15, 0.2) is 0 Å². The number of rotatable bonds is 4. The maximum atomic E-state index is 12.8. The minimum Gasteiger partial charge on any atom is -0.390 e. The topological polar surface area (TPSA) is 91.9 Å². The van der Waals surface area contributed by atoms with Gasteiger partial charge in [0.2, 0.25) is 11.9 Å². The van der Waals surface area contributed by atoms with E-state index in [1.54, 1.807) is 18.3 Å². The van der Waals surface area contributed by atoms with Crippen LogP contribution < -0.4 is 15.8 Å². The highest BCUT2D eigenvalue weighted by Gasteiger charge is 2.39. The normalized spacial score (nSPS) is 22.5. The molecule has 3 aromatic heterocycles. The summed E-state index contributed by atoms with van der Waals surface area (Å²) in [5.74, 6) is 0.315. The summed E-state index contributed by atoms with van der Waals surface area (Å²) in [7, 11) is 3.70. The van der Waals surface area contributed by atoms with Crippen molar-refractivity contribution in [1.29, 1.82) is 0 Å². The smallest absolute Gasteiger partial charge is 0.291 e. The third kappa shape index (κ3) is 2.77. The number of nitrogens with zero attached hydrogens (tertiary/aromatic N) is 4. The van der Waals surface area contributed by atoms with Crippen molar-refractivity contribution < 1.29 is 9.90 Å². The van der Waals surface area contributed by atoms with Gasteiger partial charge in [0.05, 0.1) is 15.8 Å². The number of carbonyl (C=O) groups excluding carboxylic acids is 1. The maximum Gasteiger partial charge on any atom is 0.291 e. The van der Waals surface area contributed by atoms with Crippen LogP contribution in [0.25, 0.3) is 15.7 Å². The fraction of sp³-hybridized carbons (Fsp3) is 0.471. The van der Waals surface area contributed by atoms with E-state index in [1.165, 1.54) is 4.68 Å². The minimum absolute atomic E-state index is 0.0520. The van der Waals surface area contributed by atoms with E-state index in [1.807, 2.05) is 40.9 Å². The molecule has 138 valence electrons. The van der Waals surface area contributed by atoms with Gasteiger partial charge in [-0.1, -0.05) is 0 Å². The third-order valence-corrected chi connectivity index (χ3v) is 5.57. The molecule has 0 spiro atoms. The molecule has 1 amide bonds. The molecule has 1 saturated carbocycles. The lowest BCUT2D eigenvalue weighted by Crippen LogP contribution is -2.54. The van der Waals surface area contributed by atoms with Gasteiger partial charge in [-0.2, -0.15) is 0 Å². The first-order valence-corrected chi connectivity index (χ1v) is 9.32. The number of hydrogen-bond donors (Lipinski definition) is 2. The highest BCUT2D eigenvalue weighted by atomic mass is 32.1. The van der Waals surface area contributed by atoms with Crippen LogP contribution in [-0.2, 0) is 11.3 Å². The van der Waals surface area contributed by atoms with Crippen LogP contribution in [0.3, 0.4) is 0 Å². The number of aromatic nitrogens is 3. The molecule has 0 atom stereocenters. The summed E-state index contributed by atoms with van der Waals surface area (Å²) >= 11 is 1.56. The molecule has 1 fully saturated rings. The molecule has 3 heterocycles. The molecule has 3 aromatic rings. The molecule has 9 heteroatoms. The second-order valence-electron chi connectivity index (χ2n) is 7.36. The van der Waals surface area contributed by atoms with E-state index in [4.69, 9.17) is 0 Å². The summed E-state index contributed by atoms with van der Waals surface area (Å²) in [6.45, 7) is 1.60. The predicted molar refractivity (Wildman–Crippen MR) is 101 cm³/mol. The highest BCUT2D eigenvalue weighted by molar-refractivity contribution is 7.17. The third-order valence-electron chi connectivity index (χ3n) is 4.72. The number of nitrogens with one attached hydrogen (secondary N) is 1. The van der Waals surface area contributed by atoms with Gasteiger partial charge < -0.3 is 15.3 Å². The Hall–Kier alpha value is -2.39. The average molecular weight is 375 g/mol. The Bertz CT molecular complexity index is 1050. The lowest BCUT2D eigenvalue weighted by molar-refractivity contribution is -0.125. The molecule has 26 heavy (non-hydrogen) atoms. The van der Waals surface area contributed by atoms with Gasteiger partial charge in [0.1, 0.15) is 12.1 Å². The van der Waals surface area contributed by atoms with Gasteiger partial charge >= 0.3 is 0 Å². The first-order chi connectivity index (χ1) is 12.2. The Morgan fingerprint density at radius 1 is 1.46 bits per heavy atom. The van der Waals surface area contributed by atoms with E-state index in [0.717, 1.165) is 10.2 Å². The van der Waals surface area contributed by atoms with E-state index in [9.17, 15) is 14.7 Å². The van der Waals surface area contributed by atoms with Gasteiger partial charge in [-0.25, -0.2) is 4.68 Å². The molecule has 8 nitrogen and oxygen atoms in total. The number of carbonyl (C=O) groups is 1. The van der Waals surface area contributed by atoms with E-state index in [0.29, 0.717) is 24.3 Å². The SMILES string of the molecule is CN(C)c1nn(CC(=O)N[C@H]2C[C@@](C)(O)C2)c(=O)c2cc3sccc3n12. The van der Waals surface area contributed by atoms with Crippen molar-refractivity contribution in [1.82, 2.24) is 19.5 Å². The predicted octanol–water partition coefficient (Wildman–Crippen LogP) is 0.806. The number of anilines is 1. The molecule has 4 rings (SSSR count). The van der Waals surface area contributed by atoms with Crippen molar-refractivity contribution in [2.45, 2.75) is 38.0 Å². The Labute approximate surface area is 153 Å². The number of thiophene rings is 1. The summed E-state index contributed by atoms with van der Waals surface area (Å²) in [6, 6.07) is 3.75. The first kappa shape index (κ1) is 17.0. The van der Waals surface area contributed by atoms with Gasteiger partial charge in [0.25, 0.3) is 5.56 Å². The lowest BCUT2D eigenvalue weighted by atomic mass is 9.77. The van der Waals surface area contributed by atoms with Crippen molar-refractivity contribution >= 4 is 38.9 Å². The number of hydrogen-bond acceptors (Lipinski definition) is 6. The molecule has 2 N–H and O–H groups in total. The fourth-order valence-electron chi connectivity index (χ4n) is 3.54. The van der Waals surface area contributed by atoms with Crippen molar-refractivity contribution in [2.24, 2.45) is 0 Å². The van der Waals surface area contributed by atoms with E-state index in [-0.39, 0.29) is 24.1 Å². The van der Waals surface area contributed by atoms with Gasteiger partial charge in [0, 0.05) is 20.1 Å². The minimum atomic E-state index is -0.707. The van der Waals surface area contributed by atoms with E-state index in [2.05, 4.69) is 10.4 Å². The molecule has 0 aromatic carbocycles. The Kier molecular flexibility index (Phi) is 3.81. The van der Waals surface area contributed by atoms with Crippen LogP contribution >= 0.6 is 11.3 Å². The standard InChI is InChI=1S/C17H21N5O3S/c1-17(25)7-10(8-17)18-14(23)9-21-15(24)12-6-13-11(4-5-26-13)22(12)16(19-21)20(2)3/h4-6,10,25H,7-9H2,1-3H3,(H,18,23)/t10-,17+. The van der Waals surface area contributed by atoms with Crippen LogP contribution in [-0.4, -0.2) is 50.9 Å². The molecule has 0 aliphatic heterocycles. The number of aliphatic hydroxyl groups is 1. The van der Waals surface area contributed by atoms with Gasteiger partial charge in [-0.15, -0.1) is 16.4 Å². The lowest BCUT2D eigenvalue weighted by Gasteiger charge is -2.41. The summed E-state index contributed by atoms with van der Waals surface area (Å²) in [6.07, 6.45) is 1.05. The largest absolute Gasteiger partial charge is 0.390 e. The van der Waals surface area contributed by atoms with Crippen LogP contribution in [0.15, 0.2) is 22.3 Å². The van der Waals surface area contributed by atoms with E-state index < -0.39 is 5.60 Å². The van der Waals surface area contributed by atoms with Crippen molar-refractivity contribution in [3.8, 4) is 0 Å². The number of fused-ring (bicyclic) bond motifs is 3. The average Bonchev–Trinajstić information content (AvgIpc) is 3.09. The molecular weight excluding hydrogens is 354 g/mol. The van der Waals surface area contributed by atoms with Gasteiger partial charge in [-0.3, -0.25) is 14.0 Å². The molecule has 0 radical (unpaired) electrons. The first-order valence-electron chi connectivity index (χ1n) is 8.44. The monoisotopic (exact) mass is 375 g/mol. The quantitative estimate of drug-likeness (QED) is 0.704. The van der Waals surface area contributed by atoms with Crippen LogP contribution in [0, 0.1) is 0 Å². The molecule has 0 unspecified atom stereocenters. The molecule has 1 aliphatic rings. The van der Waals surface area contributed by atoms with Crippen LogP contribution in [0.5, 0.6) is 0 Å². The summed E-state index contributed by atoms with van der Waals surface area (Å²) < 4.78 is 4.04. The summed E-state index contributed by atoms with van der Waals surface area (Å²) in [5.41, 5.74) is 0.438. The van der Waals surface area contributed by atoms with Crippen LogP contribution in [0.2, 0.25) is 0 Å². The Balaban J connectivity index is 1.68. The van der Waals surface area contributed by atoms with Crippen molar-refractivity contribution in [3.05, 3.63) is 27.9 Å². The van der Waals surface area contributed by atoms with Crippen LogP contribution in [0.4, 0.5) is 5.95 Å². The Morgan fingerprint density at radius 3 is 2.85 bits per heavy atom. The molecular formula is C17H21N5O3S. The fourth-order valence-corrected chi connectivity index (χ4v) is 4.34. The molecule has 1 aliphatic carbocycles. The van der Waals surface area contributed by atoms with Crippen molar-refractivity contribution in [3.63, 3.8) is 0 Å². The molecule has 0 saturated heterocycles. The van der Waals surface area contributed by atoms with Crippen molar-refractivity contribution in [2.75, 3.05) is 19.0 Å². The summed E-state index contributed by atoms with van der Waals surface area (Å²) in [5, 5.41) is 19.0. The second kappa shape index (κ2) is 5.82. The second-order valence-corrected chi connectivity index (χ2v) is 8.31.